The number of nitrogens with zero attached hydrogens (tertiary/aromatic N) is 4. The van der Waals surface area contributed by atoms with Crippen molar-refractivity contribution in [3.63, 3.8) is 0 Å². The Morgan fingerprint density at radius 2 is 1.84 bits per heavy atom. The molecule has 1 aliphatic heterocycles. The summed E-state index contributed by atoms with van der Waals surface area (Å²) in [6, 6.07) is 11.7. The second-order valence-electron chi connectivity index (χ2n) is 8.36. The maximum atomic E-state index is 13.6. The molecule has 0 radical (unpaired) electrons. The van der Waals surface area contributed by atoms with E-state index in [2.05, 4.69) is 21.9 Å². The Bertz CT molecular complexity index is 1040. The van der Waals surface area contributed by atoms with Gasteiger partial charge in [-0.3, -0.25) is 4.79 Å². The second-order valence-corrected chi connectivity index (χ2v) is 8.36. The Balaban J connectivity index is 1.52. The zero-order valence-corrected chi connectivity index (χ0v) is 18.3. The highest BCUT2D eigenvalue weighted by Gasteiger charge is 2.31. The predicted octanol–water partition coefficient (Wildman–Crippen LogP) is 4.48. The average molecular weight is 417 g/mol. The van der Waals surface area contributed by atoms with Gasteiger partial charge in [0.05, 0.1) is 12.2 Å². The van der Waals surface area contributed by atoms with Crippen molar-refractivity contribution in [1.82, 2.24) is 19.9 Å². The van der Waals surface area contributed by atoms with Crippen molar-refractivity contribution in [2.75, 3.05) is 13.2 Å². The second kappa shape index (κ2) is 9.25. The zero-order chi connectivity index (χ0) is 21.8. The monoisotopic (exact) mass is 416 g/mol. The van der Waals surface area contributed by atoms with Crippen LogP contribution < -0.4 is 4.74 Å². The highest BCUT2D eigenvalue weighted by molar-refractivity contribution is 6.00. The van der Waals surface area contributed by atoms with Gasteiger partial charge in [0, 0.05) is 48.7 Å². The molecule has 1 fully saturated rings. The number of hydrogen-bond donors (Lipinski definition) is 0. The summed E-state index contributed by atoms with van der Waals surface area (Å²) in [6.45, 7) is 7.33. The molecule has 0 bridgehead atoms. The van der Waals surface area contributed by atoms with Gasteiger partial charge in [-0.05, 0) is 51.3 Å². The molecule has 6 nitrogen and oxygen atoms in total. The van der Waals surface area contributed by atoms with Crippen LogP contribution in [0.1, 0.15) is 41.3 Å². The van der Waals surface area contributed by atoms with Gasteiger partial charge in [-0.2, -0.15) is 0 Å². The van der Waals surface area contributed by atoms with Crippen molar-refractivity contribution in [3.8, 4) is 17.3 Å². The molecule has 6 heteroatoms. The number of piperidine rings is 1. The number of likely N-dealkylation sites (tertiary alicyclic amines) is 1. The molecule has 31 heavy (non-hydrogen) atoms. The third-order valence-corrected chi connectivity index (χ3v) is 5.80. The number of carbonyl (C=O) groups is 1. The lowest BCUT2D eigenvalue weighted by molar-refractivity contribution is 0.0503. The number of aromatic nitrogens is 3. The van der Waals surface area contributed by atoms with Crippen molar-refractivity contribution in [1.29, 1.82) is 0 Å². The first kappa shape index (κ1) is 21.0. The lowest BCUT2D eigenvalue weighted by atomic mass is 9.92. The van der Waals surface area contributed by atoms with E-state index >= 15 is 0 Å². The minimum atomic E-state index is 0.0248. The van der Waals surface area contributed by atoms with Crippen LogP contribution in [-0.2, 0) is 0 Å². The third-order valence-electron chi connectivity index (χ3n) is 5.80. The highest BCUT2D eigenvalue weighted by atomic mass is 16.5. The van der Waals surface area contributed by atoms with Crippen molar-refractivity contribution in [3.05, 3.63) is 71.7 Å². The fourth-order valence-corrected chi connectivity index (χ4v) is 3.97. The van der Waals surface area contributed by atoms with Gasteiger partial charge in [-0.1, -0.05) is 23.8 Å². The van der Waals surface area contributed by atoms with Crippen LogP contribution in [0, 0.1) is 19.8 Å². The number of carbonyl (C=O) groups excluding carboxylic acids is 1. The van der Waals surface area contributed by atoms with Crippen LogP contribution in [0.15, 0.2) is 55.0 Å². The molecular weight excluding hydrogens is 388 g/mol. The summed E-state index contributed by atoms with van der Waals surface area (Å²) in [7, 11) is 0. The normalized spacial score (nSPS) is 18.6. The number of ether oxygens (including phenoxy) is 1. The van der Waals surface area contributed by atoms with Crippen LogP contribution in [-0.4, -0.2) is 45.0 Å². The first-order valence-electron chi connectivity index (χ1n) is 10.8. The molecule has 0 saturated carbocycles. The molecule has 2 atom stereocenters. The molecular formula is C25H28N4O2. The van der Waals surface area contributed by atoms with E-state index in [1.54, 1.807) is 24.7 Å². The van der Waals surface area contributed by atoms with E-state index in [1.165, 1.54) is 0 Å². The molecule has 160 valence electrons. The Morgan fingerprint density at radius 1 is 1.06 bits per heavy atom. The molecule has 3 aromatic rings. The largest absolute Gasteiger partial charge is 0.477 e. The maximum absolute atomic E-state index is 13.6. The van der Waals surface area contributed by atoms with Crippen LogP contribution in [0.25, 0.3) is 11.4 Å². The average Bonchev–Trinajstić information content (AvgIpc) is 2.79. The van der Waals surface area contributed by atoms with Gasteiger partial charge < -0.3 is 9.64 Å². The lowest BCUT2D eigenvalue weighted by Crippen LogP contribution is -2.47. The highest BCUT2D eigenvalue weighted by Crippen LogP contribution is 2.28. The van der Waals surface area contributed by atoms with E-state index in [0.717, 1.165) is 29.5 Å². The minimum absolute atomic E-state index is 0.0248. The van der Waals surface area contributed by atoms with Gasteiger partial charge in [0.2, 0.25) is 5.88 Å². The third kappa shape index (κ3) is 4.90. The molecule has 1 amide bonds. The van der Waals surface area contributed by atoms with Crippen LogP contribution in [0.4, 0.5) is 0 Å². The molecule has 0 aliphatic carbocycles. The quantitative estimate of drug-likeness (QED) is 0.614. The number of amides is 1. The molecule has 1 aromatic carbocycles. The molecule has 3 heterocycles. The van der Waals surface area contributed by atoms with E-state index in [4.69, 9.17) is 4.74 Å². The number of pyridine rings is 1. The Hall–Kier alpha value is -3.28. The fraction of sp³-hybridized carbons (Fsp3) is 0.360. The summed E-state index contributed by atoms with van der Waals surface area (Å²) in [5, 5.41) is 0. The molecule has 1 saturated heterocycles. The van der Waals surface area contributed by atoms with E-state index in [9.17, 15) is 4.79 Å². The fourth-order valence-electron chi connectivity index (χ4n) is 3.97. The topological polar surface area (TPSA) is 68.2 Å². The molecule has 0 N–H and O–H groups in total. The first-order valence-corrected chi connectivity index (χ1v) is 10.8. The number of rotatable bonds is 5. The van der Waals surface area contributed by atoms with Crippen molar-refractivity contribution in [2.24, 2.45) is 5.92 Å². The lowest BCUT2D eigenvalue weighted by Gasteiger charge is -2.38. The SMILES string of the molecule is Cc1ccc(OC[C@@H]2CC[C@@H](C)N(C(=O)c3cc(C)ccc3-c3ncccn3)C2)nc1. The van der Waals surface area contributed by atoms with E-state index in [-0.39, 0.29) is 17.9 Å². The van der Waals surface area contributed by atoms with Crippen LogP contribution in [0.3, 0.4) is 0 Å². The molecule has 2 aromatic heterocycles. The summed E-state index contributed by atoms with van der Waals surface area (Å²) in [5.74, 6) is 1.49. The maximum Gasteiger partial charge on any atom is 0.254 e. The van der Waals surface area contributed by atoms with Gasteiger partial charge in [0.1, 0.15) is 0 Å². The Labute approximate surface area is 183 Å². The van der Waals surface area contributed by atoms with Crippen molar-refractivity contribution in [2.45, 2.75) is 39.7 Å². The summed E-state index contributed by atoms with van der Waals surface area (Å²) in [6.07, 6.45) is 7.18. The smallest absolute Gasteiger partial charge is 0.254 e. The minimum Gasteiger partial charge on any atom is -0.477 e. The van der Waals surface area contributed by atoms with Gasteiger partial charge in [0.25, 0.3) is 5.91 Å². The van der Waals surface area contributed by atoms with Gasteiger partial charge in [-0.15, -0.1) is 0 Å². The van der Waals surface area contributed by atoms with Crippen LogP contribution in [0.2, 0.25) is 0 Å². The Morgan fingerprint density at radius 3 is 2.58 bits per heavy atom. The van der Waals surface area contributed by atoms with E-state index < -0.39 is 0 Å². The van der Waals surface area contributed by atoms with Gasteiger partial charge >= 0.3 is 0 Å². The zero-order valence-electron chi connectivity index (χ0n) is 18.3. The van der Waals surface area contributed by atoms with E-state index in [0.29, 0.717) is 30.4 Å². The van der Waals surface area contributed by atoms with Gasteiger partial charge in [-0.25, -0.2) is 15.0 Å². The molecule has 4 rings (SSSR count). The summed E-state index contributed by atoms with van der Waals surface area (Å²) < 4.78 is 5.91. The number of hydrogen-bond acceptors (Lipinski definition) is 5. The van der Waals surface area contributed by atoms with E-state index in [1.807, 2.05) is 49.1 Å². The van der Waals surface area contributed by atoms with Crippen molar-refractivity contribution < 1.29 is 9.53 Å². The molecule has 1 aliphatic rings. The Kier molecular flexibility index (Phi) is 6.26. The standard InChI is InChI=1S/C25H28N4O2/c1-17-5-9-21(24-26-11-4-12-27-24)22(13-17)25(30)29-15-20(8-7-19(29)3)16-31-23-10-6-18(2)14-28-23/h4-6,9-14,19-20H,7-8,15-16H2,1-3H3/t19-,20-/m1/s1. The summed E-state index contributed by atoms with van der Waals surface area (Å²) in [5.41, 5.74) is 3.57. The number of aryl methyl sites for hydroxylation is 2. The number of benzene rings is 1. The molecule has 0 spiro atoms. The summed E-state index contributed by atoms with van der Waals surface area (Å²) in [4.78, 5) is 28.6. The van der Waals surface area contributed by atoms with Crippen LogP contribution in [0.5, 0.6) is 5.88 Å². The molecule has 0 unspecified atom stereocenters. The van der Waals surface area contributed by atoms with Gasteiger partial charge in [0.15, 0.2) is 5.82 Å². The predicted molar refractivity (Wildman–Crippen MR) is 120 cm³/mol. The van der Waals surface area contributed by atoms with Crippen LogP contribution >= 0.6 is 0 Å². The van der Waals surface area contributed by atoms with Crippen molar-refractivity contribution >= 4 is 5.91 Å². The first-order chi connectivity index (χ1) is 15.0. The summed E-state index contributed by atoms with van der Waals surface area (Å²) >= 11 is 0.